The molecule has 0 radical (unpaired) electrons. The number of aryl methyl sites for hydroxylation is 1. The number of carbonyl (C=O) groups excluding carboxylic acids is 1. The third-order valence-corrected chi connectivity index (χ3v) is 3.91. The average molecular weight is 279 g/mol. The van der Waals surface area contributed by atoms with Crippen molar-refractivity contribution >= 4 is 5.91 Å². The van der Waals surface area contributed by atoms with E-state index in [0.717, 1.165) is 18.5 Å². The summed E-state index contributed by atoms with van der Waals surface area (Å²) in [6.07, 6.45) is 3.46. The summed E-state index contributed by atoms with van der Waals surface area (Å²) < 4.78 is 7.22. The molecule has 0 saturated carbocycles. The quantitative estimate of drug-likeness (QED) is 0.827. The Labute approximate surface area is 120 Å². The average Bonchev–Trinajstić information content (AvgIpc) is 2.78. The number of hydrogen-bond donors (Lipinski definition) is 0. The minimum atomic E-state index is 0.222. The van der Waals surface area contributed by atoms with Crippen molar-refractivity contribution in [2.24, 2.45) is 13.0 Å². The van der Waals surface area contributed by atoms with Crippen LogP contribution in [-0.4, -0.2) is 40.8 Å². The summed E-state index contributed by atoms with van der Waals surface area (Å²) in [5.74, 6) is 1.03. The van der Waals surface area contributed by atoms with Crippen LogP contribution in [0.4, 0.5) is 0 Å². The molecule has 1 aromatic heterocycles. The van der Waals surface area contributed by atoms with Gasteiger partial charge in [-0.05, 0) is 12.3 Å². The Morgan fingerprint density at radius 2 is 2.30 bits per heavy atom. The van der Waals surface area contributed by atoms with Crippen molar-refractivity contribution in [3.8, 4) is 0 Å². The second kappa shape index (κ2) is 6.39. The lowest BCUT2D eigenvalue weighted by Crippen LogP contribution is -2.39. The van der Waals surface area contributed by atoms with Gasteiger partial charge in [0.05, 0.1) is 18.5 Å². The van der Waals surface area contributed by atoms with E-state index < -0.39 is 0 Å². The minimum Gasteiger partial charge on any atom is -0.384 e. The Hall–Kier alpha value is -1.36. The van der Waals surface area contributed by atoms with E-state index in [2.05, 4.69) is 18.9 Å². The van der Waals surface area contributed by atoms with Crippen molar-refractivity contribution in [2.75, 3.05) is 20.3 Å². The highest BCUT2D eigenvalue weighted by Crippen LogP contribution is 2.28. The smallest absolute Gasteiger partial charge is 0.222 e. The number of aromatic nitrogens is 2. The van der Waals surface area contributed by atoms with Gasteiger partial charge >= 0.3 is 0 Å². The van der Waals surface area contributed by atoms with E-state index in [0.29, 0.717) is 25.5 Å². The van der Waals surface area contributed by atoms with Crippen molar-refractivity contribution in [3.63, 3.8) is 0 Å². The van der Waals surface area contributed by atoms with E-state index in [1.165, 1.54) is 5.69 Å². The first-order valence-corrected chi connectivity index (χ1v) is 7.30. The van der Waals surface area contributed by atoms with Crippen LogP contribution in [0, 0.1) is 5.92 Å². The van der Waals surface area contributed by atoms with Crippen LogP contribution >= 0.6 is 0 Å². The Morgan fingerprint density at radius 3 is 2.95 bits per heavy atom. The predicted octanol–water partition coefficient (Wildman–Crippen LogP) is 1.93. The minimum absolute atomic E-state index is 0.222. The van der Waals surface area contributed by atoms with E-state index in [4.69, 9.17) is 4.74 Å². The van der Waals surface area contributed by atoms with Crippen LogP contribution in [0.3, 0.4) is 0 Å². The van der Waals surface area contributed by atoms with Gasteiger partial charge < -0.3 is 9.64 Å². The Kier molecular flexibility index (Phi) is 4.81. The lowest BCUT2D eigenvalue weighted by Gasteiger charge is -2.33. The van der Waals surface area contributed by atoms with Gasteiger partial charge in [-0.2, -0.15) is 5.10 Å². The van der Waals surface area contributed by atoms with Gasteiger partial charge in [0, 0.05) is 45.1 Å². The zero-order valence-corrected chi connectivity index (χ0v) is 12.9. The fourth-order valence-corrected chi connectivity index (χ4v) is 2.86. The summed E-state index contributed by atoms with van der Waals surface area (Å²) in [6, 6.07) is 0. The van der Waals surface area contributed by atoms with Gasteiger partial charge in [0.1, 0.15) is 0 Å². The Balaban J connectivity index is 2.10. The third-order valence-electron chi connectivity index (χ3n) is 3.91. The molecule has 1 unspecified atom stereocenters. The van der Waals surface area contributed by atoms with Crippen LogP contribution in [0.5, 0.6) is 0 Å². The molecule has 20 heavy (non-hydrogen) atoms. The third kappa shape index (κ3) is 3.20. The molecule has 2 rings (SSSR count). The highest BCUT2D eigenvalue weighted by Gasteiger charge is 2.30. The van der Waals surface area contributed by atoms with Gasteiger partial charge in [-0.15, -0.1) is 0 Å². The molecule has 1 aliphatic heterocycles. The molecule has 1 aromatic rings. The maximum Gasteiger partial charge on any atom is 0.222 e. The molecule has 1 amide bonds. The zero-order valence-electron chi connectivity index (χ0n) is 12.9. The molecule has 0 N–H and O–H groups in total. The van der Waals surface area contributed by atoms with Crippen LogP contribution in [0.1, 0.15) is 43.9 Å². The summed E-state index contributed by atoms with van der Waals surface area (Å²) in [5.41, 5.74) is 2.36. The second-order valence-electron chi connectivity index (χ2n) is 6.04. The maximum atomic E-state index is 12.3. The number of amides is 1. The normalized spacial score (nSPS) is 18.4. The van der Waals surface area contributed by atoms with E-state index >= 15 is 0 Å². The maximum absolute atomic E-state index is 12.3. The van der Waals surface area contributed by atoms with Gasteiger partial charge in [0.25, 0.3) is 0 Å². The fourth-order valence-electron chi connectivity index (χ4n) is 2.86. The van der Waals surface area contributed by atoms with Crippen molar-refractivity contribution in [2.45, 2.75) is 39.2 Å². The molecule has 0 saturated heterocycles. The van der Waals surface area contributed by atoms with Gasteiger partial charge in [-0.3, -0.25) is 9.48 Å². The van der Waals surface area contributed by atoms with Gasteiger partial charge in [0.2, 0.25) is 5.91 Å². The van der Waals surface area contributed by atoms with E-state index in [1.807, 2.05) is 22.8 Å². The number of methoxy groups -OCH3 is 1. The first-order chi connectivity index (χ1) is 9.52. The molecule has 0 aliphatic carbocycles. The highest BCUT2D eigenvalue weighted by atomic mass is 16.5. The first-order valence-electron chi connectivity index (χ1n) is 7.30. The van der Waals surface area contributed by atoms with Crippen LogP contribution in [-0.2, 0) is 23.1 Å². The molecule has 5 nitrogen and oxygen atoms in total. The molecule has 0 aromatic carbocycles. The van der Waals surface area contributed by atoms with Crippen molar-refractivity contribution in [1.82, 2.24) is 14.7 Å². The molecular formula is C15H25N3O2. The lowest BCUT2D eigenvalue weighted by atomic mass is 9.96. The SMILES string of the molecule is COCC1CN(C(=O)CCC(C)C)Cc2cnn(C)c21. The monoisotopic (exact) mass is 279 g/mol. The molecule has 0 fully saturated rings. The molecular weight excluding hydrogens is 254 g/mol. The van der Waals surface area contributed by atoms with Crippen molar-refractivity contribution in [3.05, 3.63) is 17.5 Å². The molecule has 1 aliphatic rings. The molecule has 1 atom stereocenters. The predicted molar refractivity (Wildman–Crippen MR) is 77.3 cm³/mol. The van der Waals surface area contributed by atoms with Crippen molar-refractivity contribution in [1.29, 1.82) is 0 Å². The fraction of sp³-hybridized carbons (Fsp3) is 0.733. The summed E-state index contributed by atoms with van der Waals surface area (Å²) in [5, 5.41) is 4.32. The van der Waals surface area contributed by atoms with Crippen LogP contribution in [0.15, 0.2) is 6.20 Å². The number of nitrogens with zero attached hydrogens (tertiary/aromatic N) is 3. The van der Waals surface area contributed by atoms with Gasteiger partial charge in [-0.25, -0.2) is 0 Å². The topological polar surface area (TPSA) is 47.4 Å². The van der Waals surface area contributed by atoms with Crippen LogP contribution in [0.25, 0.3) is 0 Å². The Morgan fingerprint density at radius 1 is 1.55 bits per heavy atom. The highest BCUT2D eigenvalue weighted by molar-refractivity contribution is 5.76. The van der Waals surface area contributed by atoms with E-state index in [-0.39, 0.29) is 11.8 Å². The van der Waals surface area contributed by atoms with E-state index in [9.17, 15) is 4.79 Å². The standard InChI is InChI=1S/C15H25N3O2/c1-11(2)5-6-14(19)18-8-12-7-16-17(3)15(12)13(9-18)10-20-4/h7,11,13H,5-6,8-10H2,1-4H3. The van der Waals surface area contributed by atoms with Crippen LogP contribution in [0.2, 0.25) is 0 Å². The van der Waals surface area contributed by atoms with Gasteiger partial charge in [0.15, 0.2) is 0 Å². The second-order valence-corrected chi connectivity index (χ2v) is 6.04. The van der Waals surface area contributed by atoms with Crippen LogP contribution < -0.4 is 0 Å². The summed E-state index contributed by atoms with van der Waals surface area (Å²) in [7, 11) is 3.66. The molecule has 2 heterocycles. The lowest BCUT2D eigenvalue weighted by molar-refractivity contribution is -0.133. The number of fused-ring (bicyclic) bond motifs is 1. The summed E-state index contributed by atoms with van der Waals surface area (Å²) in [4.78, 5) is 14.3. The molecule has 0 spiro atoms. The number of rotatable bonds is 5. The first kappa shape index (κ1) is 15.0. The molecule has 5 heteroatoms. The Bertz CT molecular complexity index is 468. The van der Waals surface area contributed by atoms with Crippen molar-refractivity contribution < 1.29 is 9.53 Å². The molecule has 0 bridgehead atoms. The largest absolute Gasteiger partial charge is 0.384 e. The number of hydrogen-bond acceptors (Lipinski definition) is 3. The van der Waals surface area contributed by atoms with Gasteiger partial charge in [-0.1, -0.05) is 13.8 Å². The molecule has 112 valence electrons. The number of carbonyl (C=O) groups is 1. The summed E-state index contributed by atoms with van der Waals surface area (Å²) >= 11 is 0. The zero-order chi connectivity index (χ0) is 14.7. The number of ether oxygens (including phenoxy) is 1. The van der Waals surface area contributed by atoms with E-state index in [1.54, 1.807) is 7.11 Å². The summed E-state index contributed by atoms with van der Waals surface area (Å²) in [6.45, 7) is 6.34.